The Labute approximate surface area is 158 Å². The van der Waals surface area contributed by atoms with Gasteiger partial charge in [0.05, 0.1) is 18.2 Å². The number of hydrogen-bond acceptors (Lipinski definition) is 5. The van der Waals surface area contributed by atoms with E-state index in [-0.39, 0.29) is 23.6 Å². The standard InChI is InChI=1S/C19H16N6O3/c1-12-6-7-24(17(27)8-12)10-16(26)23-13-2-4-14(5-3-13)25-18-15(9-22-25)19(28)21-11-20-18/h2-9,11H,10H2,1H3,(H,23,26)(H,20,21,28). The van der Waals surface area contributed by atoms with E-state index in [1.807, 2.05) is 6.92 Å². The number of fused-ring (bicyclic) bond motifs is 1. The summed E-state index contributed by atoms with van der Waals surface area (Å²) in [6, 6.07) is 10.2. The number of amides is 1. The van der Waals surface area contributed by atoms with E-state index in [9.17, 15) is 14.4 Å². The summed E-state index contributed by atoms with van der Waals surface area (Å²) >= 11 is 0. The van der Waals surface area contributed by atoms with Gasteiger partial charge in [0.2, 0.25) is 5.91 Å². The van der Waals surface area contributed by atoms with Gasteiger partial charge in [-0.2, -0.15) is 5.10 Å². The van der Waals surface area contributed by atoms with Crippen molar-refractivity contribution >= 4 is 22.6 Å². The molecular weight excluding hydrogens is 360 g/mol. The molecule has 9 nitrogen and oxygen atoms in total. The van der Waals surface area contributed by atoms with Crippen molar-refractivity contribution in [1.29, 1.82) is 0 Å². The van der Waals surface area contributed by atoms with Crippen LogP contribution in [0.3, 0.4) is 0 Å². The fourth-order valence-electron chi connectivity index (χ4n) is 2.82. The van der Waals surface area contributed by atoms with Crippen LogP contribution in [0, 0.1) is 6.92 Å². The summed E-state index contributed by atoms with van der Waals surface area (Å²) in [4.78, 5) is 42.5. The highest BCUT2D eigenvalue weighted by Gasteiger charge is 2.10. The maximum absolute atomic E-state index is 12.2. The lowest BCUT2D eigenvalue weighted by atomic mass is 10.2. The number of nitrogens with one attached hydrogen (secondary N) is 2. The average molecular weight is 376 g/mol. The van der Waals surface area contributed by atoms with Gasteiger partial charge in [-0.3, -0.25) is 14.4 Å². The molecule has 9 heteroatoms. The smallest absolute Gasteiger partial charge is 0.261 e. The Kier molecular flexibility index (Phi) is 4.32. The molecule has 0 bridgehead atoms. The van der Waals surface area contributed by atoms with Crippen molar-refractivity contribution in [2.45, 2.75) is 13.5 Å². The molecule has 28 heavy (non-hydrogen) atoms. The van der Waals surface area contributed by atoms with Gasteiger partial charge in [0.25, 0.3) is 11.1 Å². The summed E-state index contributed by atoms with van der Waals surface area (Å²) in [7, 11) is 0. The van der Waals surface area contributed by atoms with E-state index < -0.39 is 0 Å². The first-order valence-corrected chi connectivity index (χ1v) is 8.50. The summed E-state index contributed by atoms with van der Waals surface area (Å²) in [6.45, 7) is 1.75. The third kappa shape index (κ3) is 3.32. The lowest BCUT2D eigenvalue weighted by Gasteiger charge is -2.09. The van der Waals surface area contributed by atoms with Gasteiger partial charge in [-0.15, -0.1) is 0 Å². The molecule has 1 aromatic carbocycles. The van der Waals surface area contributed by atoms with Crippen LogP contribution in [0.4, 0.5) is 5.69 Å². The zero-order chi connectivity index (χ0) is 19.7. The first-order chi connectivity index (χ1) is 13.5. The highest BCUT2D eigenvalue weighted by molar-refractivity contribution is 5.90. The first kappa shape index (κ1) is 17.4. The van der Waals surface area contributed by atoms with Crippen LogP contribution in [0.25, 0.3) is 16.7 Å². The van der Waals surface area contributed by atoms with Gasteiger partial charge in [0.1, 0.15) is 11.9 Å². The number of carbonyl (C=O) groups is 1. The van der Waals surface area contributed by atoms with Crippen molar-refractivity contribution in [1.82, 2.24) is 24.3 Å². The van der Waals surface area contributed by atoms with Crippen molar-refractivity contribution in [3.63, 3.8) is 0 Å². The Morgan fingerprint density at radius 3 is 2.71 bits per heavy atom. The van der Waals surface area contributed by atoms with Crippen LogP contribution in [0.5, 0.6) is 0 Å². The van der Waals surface area contributed by atoms with Crippen LogP contribution in [-0.2, 0) is 11.3 Å². The highest BCUT2D eigenvalue weighted by Crippen LogP contribution is 2.16. The molecule has 0 fully saturated rings. The molecule has 4 rings (SSSR count). The van der Waals surface area contributed by atoms with Crippen LogP contribution < -0.4 is 16.4 Å². The zero-order valence-corrected chi connectivity index (χ0v) is 14.9. The molecule has 0 saturated carbocycles. The predicted molar refractivity (Wildman–Crippen MR) is 104 cm³/mol. The second kappa shape index (κ2) is 6.95. The van der Waals surface area contributed by atoms with E-state index in [2.05, 4.69) is 20.4 Å². The Morgan fingerprint density at radius 2 is 1.96 bits per heavy atom. The zero-order valence-electron chi connectivity index (χ0n) is 14.9. The highest BCUT2D eigenvalue weighted by atomic mass is 16.2. The van der Waals surface area contributed by atoms with Gasteiger partial charge in [-0.05, 0) is 42.8 Å². The number of H-pyrrole nitrogens is 1. The SMILES string of the molecule is Cc1ccn(CC(=O)Nc2ccc(-n3ncc4c(=O)[nH]cnc43)cc2)c(=O)c1. The topological polar surface area (TPSA) is 115 Å². The molecule has 0 aliphatic carbocycles. The lowest BCUT2D eigenvalue weighted by Crippen LogP contribution is -2.26. The molecule has 0 unspecified atom stereocenters. The number of carbonyl (C=O) groups excluding carboxylic acids is 1. The molecule has 140 valence electrons. The molecule has 0 spiro atoms. The van der Waals surface area contributed by atoms with Gasteiger partial charge in [0, 0.05) is 18.0 Å². The summed E-state index contributed by atoms with van der Waals surface area (Å²) < 4.78 is 2.89. The molecule has 0 radical (unpaired) electrons. The number of aryl methyl sites for hydroxylation is 1. The normalized spacial score (nSPS) is 10.9. The minimum Gasteiger partial charge on any atom is -0.325 e. The van der Waals surface area contributed by atoms with E-state index in [1.54, 1.807) is 41.2 Å². The number of benzene rings is 1. The number of aromatic amines is 1. The molecular formula is C19H16N6O3. The fourth-order valence-corrected chi connectivity index (χ4v) is 2.82. The maximum atomic E-state index is 12.2. The monoisotopic (exact) mass is 376 g/mol. The first-order valence-electron chi connectivity index (χ1n) is 8.50. The van der Waals surface area contributed by atoms with E-state index in [4.69, 9.17) is 0 Å². The number of rotatable bonds is 4. The van der Waals surface area contributed by atoms with Crippen molar-refractivity contribution < 1.29 is 4.79 Å². The molecule has 0 aliphatic rings. The predicted octanol–water partition coefficient (Wildman–Crippen LogP) is 1.22. The third-order valence-electron chi connectivity index (χ3n) is 4.23. The largest absolute Gasteiger partial charge is 0.325 e. The number of nitrogens with zero attached hydrogens (tertiary/aromatic N) is 4. The second-order valence-electron chi connectivity index (χ2n) is 6.29. The number of hydrogen-bond donors (Lipinski definition) is 2. The van der Waals surface area contributed by atoms with Gasteiger partial charge in [0.15, 0.2) is 5.65 Å². The molecule has 1 amide bonds. The minimum atomic E-state index is -0.309. The van der Waals surface area contributed by atoms with Crippen molar-refractivity contribution in [3.05, 3.63) is 81.4 Å². The second-order valence-corrected chi connectivity index (χ2v) is 6.29. The minimum absolute atomic E-state index is 0.0721. The van der Waals surface area contributed by atoms with E-state index >= 15 is 0 Å². The maximum Gasteiger partial charge on any atom is 0.261 e. The molecule has 3 heterocycles. The molecule has 4 aromatic rings. The van der Waals surface area contributed by atoms with Crippen LogP contribution in [-0.4, -0.2) is 30.2 Å². The summed E-state index contributed by atoms with van der Waals surface area (Å²) in [5.74, 6) is -0.309. The Balaban J connectivity index is 1.51. The van der Waals surface area contributed by atoms with E-state index in [0.717, 1.165) is 5.56 Å². The quantitative estimate of drug-likeness (QED) is 0.556. The van der Waals surface area contributed by atoms with Crippen molar-refractivity contribution in [2.24, 2.45) is 0 Å². The average Bonchev–Trinajstić information content (AvgIpc) is 3.10. The summed E-state index contributed by atoms with van der Waals surface area (Å²) in [5, 5.41) is 7.34. The molecule has 0 aliphatic heterocycles. The van der Waals surface area contributed by atoms with Crippen molar-refractivity contribution in [2.75, 3.05) is 5.32 Å². The van der Waals surface area contributed by atoms with Crippen LogP contribution in [0.1, 0.15) is 5.56 Å². The Hall–Kier alpha value is -4.01. The summed E-state index contributed by atoms with van der Waals surface area (Å²) in [5.41, 5.74) is 2.08. The van der Waals surface area contributed by atoms with E-state index in [0.29, 0.717) is 22.4 Å². The van der Waals surface area contributed by atoms with Crippen molar-refractivity contribution in [3.8, 4) is 5.69 Å². The Bertz CT molecular complexity index is 1280. The lowest BCUT2D eigenvalue weighted by molar-refractivity contribution is -0.116. The number of anilines is 1. The fraction of sp³-hybridized carbons (Fsp3) is 0.105. The van der Waals surface area contributed by atoms with Crippen LogP contribution >= 0.6 is 0 Å². The van der Waals surface area contributed by atoms with Crippen LogP contribution in [0.2, 0.25) is 0 Å². The van der Waals surface area contributed by atoms with Gasteiger partial charge < -0.3 is 14.9 Å². The third-order valence-corrected chi connectivity index (χ3v) is 4.23. The van der Waals surface area contributed by atoms with E-state index in [1.165, 1.54) is 23.2 Å². The Morgan fingerprint density at radius 1 is 1.18 bits per heavy atom. The summed E-state index contributed by atoms with van der Waals surface area (Å²) in [6.07, 6.45) is 4.37. The molecule has 3 aromatic heterocycles. The molecule has 0 saturated heterocycles. The van der Waals surface area contributed by atoms with Crippen LogP contribution in [0.15, 0.2) is 64.7 Å². The van der Waals surface area contributed by atoms with Gasteiger partial charge in [-0.1, -0.05) is 0 Å². The molecule has 2 N–H and O–H groups in total. The van der Waals surface area contributed by atoms with Gasteiger partial charge >= 0.3 is 0 Å². The number of aromatic nitrogens is 5. The molecule has 0 atom stereocenters. The number of pyridine rings is 1. The van der Waals surface area contributed by atoms with Gasteiger partial charge in [-0.25, -0.2) is 9.67 Å².